The van der Waals surface area contributed by atoms with Crippen LogP contribution in [0.4, 0.5) is 4.79 Å². The molecule has 0 saturated carbocycles. The summed E-state index contributed by atoms with van der Waals surface area (Å²) in [5.41, 5.74) is 5.44. The summed E-state index contributed by atoms with van der Waals surface area (Å²) >= 11 is 0. The van der Waals surface area contributed by atoms with Gasteiger partial charge in [0.2, 0.25) is 5.91 Å². The molecule has 0 aliphatic carbocycles. The van der Waals surface area contributed by atoms with Crippen molar-refractivity contribution in [3.8, 4) is 0 Å². The summed E-state index contributed by atoms with van der Waals surface area (Å²) in [4.78, 5) is 27.8. The lowest BCUT2D eigenvalue weighted by molar-refractivity contribution is -0.135. The van der Waals surface area contributed by atoms with Crippen molar-refractivity contribution < 1.29 is 14.3 Å². The van der Waals surface area contributed by atoms with Crippen LogP contribution in [0.25, 0.3) is 0 Å². The topological polar surface area (TPSA) is 87.9 Å². The predicted molar refractivity (Wildman–Crippen MR) is 90.1 cm³/mol. The Hall–Kier alpha value is -1.34. The molecule has 1 atom stereocenters. The van der Waals surface area contributed by atoms with Crippen molar-refractivity contribution in [2.24, 2.45) is 11.7 Å². The summed E-state index contributed by atoms with van der Waals surface area (Å²) in [6, 6.07) is -0.421. The molecule has 0 radical (unpaired) electrons. The standard InChI is InChI=1S/C16H32N4O3/c1-12(2)13(17)14(21)20-10-8-19(9-11-20)7-6-18-15(22)23-16(3,4)5/h12-13H,6-11,17H2,1-5H3,(H,18,22). The molecule has 1 saturated heterocycles. The van der Waals surface area contributed by atoms with Gasteiger partial charge in [0.15, 0.2) is 0 Å². The number of carbonyl (C=O) groups excluding carboxylic acids is 2. The second kappa shape index (κ2) is 8.49. The van der Waals surface area contributed by atoms with E-state index in [9.17, 15) is 9.59 Å². The van der Waals surface area contributed by atoms with Crippen LogP contribution >= 0.6 is 0 Å². The van der Waals surface area contributed by atoms with Gasteiger partial charge in [-0.15, -0.1) is 0 Å². The predicted octanol–water partition coefficient (Wildman–Crippen LogP) is 0.639. The van der Waals surface area contributed by atoms with Crippen molar-refractivity contribution in [2.45, 2.75) is 46.3 Å². The number of ether oxygens (including phenoxy) is 1. The number of amides is 2. The number of nitrogens with two attached hydrogens (primary N) is 1. The lowest BCUT2D eigenvalue weighted by atomic mass is 10.0. The zero-order valence-electron chi connectivity index (χ0n) is 15.1. The number of alkyl carbamates (subject to hydrolysis) is 1. The number of nitrogens with one attached hydrogen (secondary N) is 1. The monoisotopic (exact) mass is 328 g/mol. The van der Waals surface area contributed by atoms with Crippen molar-refractivity contribution in [1.82, 2.24) is 15.1 Å². The van der Waals surface area contributed by atoms with E-state index >= 15 is 0 Å². The Morgan fingerprint density at radius 1 is 1.17 bits per heavy atom. The molecule has 1 rings (SSSR count). The van der Waals surface area contributed by atoms with Gasteiger partial charge in [-0.25, -0.2) is 4.79 Å². The molecule has 0 aromatic rings. The lowest BCUT2D eigenvalue weighted by Crippen LogP contribution is -2.55. The van der Waals surface area contributed by atoms with Crippen LogP contribution in [0, 0.1) is 5.92 Å². The highest BCUT2D eigenvalue weighted by molar-refractivity contribution is 5.82. The fraction of sp³-hybridized carbons (Fsp3) is 0.875. The summed E-state index contributed by atoms with van der Waals surface area (Å²) in [5, 5.41) is 2.75. The Balaban J connectivity index is 2.24. The maximum absolute atomic E-state index is 12.2. The molecule has 0 spiro atoms. The third-order valence-electron chi connectivity index (χ3n) is 3.78. The number of piperazine rings is 1. The summed E-state index contributed by atoms with van der Waals surface area (Å²) < 4.78 is 5.19. The molecule has 0 aromatic heterocycles. The van der Waals surface area contributed by atoms with Gasteiger partial charge in [-0.2, -0.15) is 0 Å². The van der Waals surface area contributed by atoms with Crippen LogP contribution in [-0.2, 0) is 9.53 Å². The van der Waals surface area contributed by atoms with Crippen molar-refractivity contribution in [3.05, 3.63) is 0 Å². The molecule has 1 unspecified atom stereocenters. The summed E-state index contributed by atoms with van der Waals surface area (Å²) in [6.45, 7) is 13.7. The number of nitrogens with zero attached hydrogens (tertiary/aromatic N) is 2. The average Bonchev–Trinajstić information content (AvgIpc) is 2.44. The van der Waals surface area contributed by atoms with Gasteiger partial charge in [0, 0.05) is 39.3 Å². The Bertz CT molecular complexity index is 399. The first-order chi connectivity index (χ1) is 10.6. The highest BCUT2D eigenvalue weighted by atomic mass is 16.6. The van der Waals surface area contributed by atoms with Gasteiger partial charge in [-0.3, -0.25) is 9.69 Å². The van der Waals surface area contributed by atoms with Crippen LogP contribution < -0.4 is 11.1 Å². The summed E-state index contributed by atoms with van der Waals surface area (Å²) in [6.07, 6.45) is -0.394. The molecule has 23 heavy (non-hydrogen) atoms. The Labute approximate surface area is 139 Å². The van der Waals surface area contributed by atoms with Gasteiger partial charge in [-0.05, 0) is 26.7 Å². The van der Waals surface area contributed by atoms with Crippen molar-refractivity contribution in [1.29, 1.82) is 0 Å². The molecule has 0 aromatic carbocycles. The smallest absolute Gasteiger partial charge is 0.407 e. The minimum atomic E-state index is -0.481. The highest BCUT2D eigenvalue weighted by Gasteiger charge is 2.26. The molecule has 7 nitrogen and oxygen atoms in total. The fourth-order valence-electron chi connectivity index (χ4n) is 2.32. The Kier molecular flexibility index (Phi) is 7.28. The molecule has 1 heterocycles. The minimum absolute atomic E-state index is 0.0338. The molecule has 1 aliphatic rings. The van der Waals surface area contributed by atoms with E-state index in [1.165, 1.54) is 0 Å². The van der Waals surface area contributed by atoms with E-state index in [4.69, 9.17) is 10.5 Å². The van der Waals surface area contributed by atoms with Crippen LogP contribution in [0.5, 0.6) is 0 Å². The minimum Gasteiger partial charge on any atom is -0.444 e. The van der Waals surface area contributed by atoms with Gasteiger partial charge >= 0.3 is 6.09 Å². The van der Waals surface area contributed by atoms with Crippen molar-refractivity contribution in [3.63, 3.8) is 0 Å². The van der Waals surface area contributed by atoms with Crippen LogP contribution in [-0.4, -0.2) is 72.7 Å². The first-order valence-electron chi connectivity index (χ1n) is 8.33. The molecule has 3 N–H and O–H groups in total. The van der Waals surface area contributed by atoms with Crippen molar-refractivity contribution >= 4 is 12.0 Å². The number of hydrogen-bond acceptors (Lipinski definition) is 5. The van der Waals surface area contributed by atoms with Gasteiger partial charge in [-0.1, -0.05) is 13.8 Å². The second-order valence-electron chi connectivity index (χ2n) is 7.37. The normalized spacial score (nSPS) is 18.0. The van der Waals surface area contributed by atoms with Gasteiger partial charge in [0.05, 0.1) is 6.04 Å². The molecule has 2 amide bonds. The zero-order valence-corrected chi connectivity index (χ0v) is 15.1. The number of carbonyl (C=O) groups is 2. The summed E-state index contributed by atoms with van der Waals surface area (Å²) in [5.74, 6) is 0.185. The van der Waals surface area contributed by atoms with Crippen LogP contribution in [0.3, 0.4) is 0 Å². The third-order valence-corrected chi connectivity index (χ3v) is 3.78. The van der Waals surface area contributed by atoms with Gasteiger partial charge in [0.1, 0.15) is 5.60 Å². The van der Waals surface area contributed by atoms with E-state index in [1.807, 2.05) is 39.5 Å². The van der Waals surface area contributed by atoms with Gasteiger partial charge < -0.3 is 20.7 Å². The number of rotatable bonds is 5. The van der Waals surface area contributed by atoms with E-state index in [2.05, 4.69) is 10.2 Å². The van der Waals surface area contributed by atoms with Crippen LogP contribution in [0.15, 0.2) is 0 Å². The van der Waals surface area contributed by atoms with Crippen molar-refractivity contribution in [2.75, 3.05) is 39.3 Å². The fourth-order valence-corrected chi connectivity index (χ4v) is 2.32. The van der Waals surface area contributed by atoms with E-state index in [1.54, 1.807) is 0 Å². The van der Waals surface area contributed by atoms with Gasteiger partial charge in [0.25, 0.3) is 0 Å². The van der Waals surface area contributed by atoms with E-state index in [0.29, 0.717) is 19.6 Å². The average molecular weight is 328 g/mol. The van der Waals surface area contributed by atoms with E-state index in [-0.39, 0.29) is 11.8 Å². The second-order valence-corrected chi connectivity index (χ2v) is 7.37. The lowest BCUT2D eigenvalue weighted by Gasteiger charge is -2.36. The molecule has 7 heteroatoms. The van der Waals surface area contributed by atoms with Crippen LogP contribution in [0.2, 0.25) is 0 Å². The maximum Gasteiger partial charge on any atom is 0.407 e. The van der Waals surface area contributed by atoms with E-state index in [0.717, 1.165) is 19.6 Å². The molecule has 134 valence electrons. The molecular weight excluding hydrogens is 296 g/mol. The van der Waals surface area contributed by atoms with E-state index < -0.39 is 17.7 Å². The number of hydrogen-bond donors (Lipinski definition) is 2. The SMILES string of the molecule is CC(C)C(N)C(=O)N1CCN(CCNC(=O)OC(C)(C)C)CC1. The van der Waals surface area contributed by atoms with Crippen LogP contribution in [0.1, 0.15) is 34.6 Å². The highest BCUT2D eigenvalue weighted by Crippen LogP contribution is 2.08. The zero-order chi connectivity index (χ0) is 17.6. The third kappa shape index (κ3) is 7.18. The quantitative estimate of drug-likeness (QED) is 0.773. The first-order valence-corrected chi connectivity index (χ1v) is 8.33. The Morgan fingerprint density at radius 2 is 1.74 bits per heavy atom. The first kappa shape index (κ1) is 19.7. The molecule has 1 fully saturated rings. The molecular formula is C16H32N4O3. The maximum atomic E-state index is 12.2. The Morgan fingerprint density at radius 3 is 2.22 bits per heavy atom. The largest absolute Gasteiger partial charge is 0.444 e. The molecule has 1 aliphatic heterocycles. The summed E-state index contributed by atoms with van der Waals surface area (Å²) in [7, 11) is 0. The molecule has 0 bridgehead atoms.